The highest BCUT2D eigenvalue weighted by molar-refractivity contribution is 5.33. The summed E-state index contributed by atoms with van der Waals surface area (Å²) in [5, 5.41) is 47.8. The smallest absolute Gasteiger partial charge is 0.140 e. The molecule has 1 fully saturated rings. The summed E-state index contributed by atoms with van der Waals surface area (Å²) in [7, 11) is 1.76. The molecule has 7 heteroatoms. The molecule has 1 heterocycles. The molecule has 0 unspecified atom stereocenters. The van der Waals surface area contributed by atoms with Gasteiger partial charge in [0.25, 0.3) is 0 Å². The van der Waals surface area contributed by atoms with E-state index in [0.29, 0.717) is 12.1 Å². The lowest BCUT2D eigenvalue weighted by Gasteiger charge is -2.25. The maximum Gasteiger partial charge on any atom is 0.140 e. The molecule has 7 nitrogen and oxygen atoms in total. The second-order valence-corrected chi connectivity index (χ2v) is 5.26. The van der Waals surface area contributed by atoms with Gasteiger partial charge in [0.05, 0.1) is 6.61 Å². The lowest BCUT2D eigenvalue weighted by molar-refractivity contribution is -0.128. The Morgan fingerprint density at radius 2 is 1.95 bits per heavy atom. The molecule has 5 N–H and O–H groups in total. The topological polar surface area (TPSA) is 114 Å². The number of aromatic hydroxyl groups is 1. The van der Waals surface area contributed by atoms with Gasteiger partial charge in [-0.25, -0.2) is 0 Å². The number of nitrogens with zero attached hydrogens (tertiary/aromatic N) is 1. The van der Waals surface area contributed by atoms with E-state index in [0.717, 1.165) is 0 Å². The van der Waals surface area contributed by atoms with Crippen molar-refractivity contribution in [2.24, 2.45) is 0 Å². The normalized spacial score (nSPS) is 27.5. The average molecular weight is 299 g/mol. The summed E-state index contributed by atoms with van der Waals surface area (Å²) in [6, 6.07) is 6.72. The first-order chi connectivity index (χ1) is 9.95. The van der Waals surface area contributed by atoms with Crippen LogP contribution in [0.5, 0.6) is 5.75 Å². The van der Waals surface area contributed by atoms with Crippen LogP contribution >= 0.6 is 0 Å². The molecule has 0 amide bonds. The zero-order valence-corrected chi connectivity index (χ0v) is 11.7. The van der Waals surface area contributed by atoms with Crippen molar-refractivity contribution in [3.05, 3.63) is 29.8 Å². The summed E-state index contributed by atoms with van der Waals surface area (Å²) in [5.74, 6) is 0.0837. The van der Waals surface area contributed by atoms with E-state index < -0.39 is 37.3 Å². The number of hydrogen-bond acceptors (Lipinski definition) is 7. The molecular formula is C14H21NO6. The Kier molecular flexibility index (Phi) is 5.15. The standard InChI is InChI=1S/C14H21NO6/c1-15-6-11(13(20)12(19)10(18)7-16)21-14(15)8-4-2-3-5-9(8)17/h2-5,10-14,16-20H,6-7H2,1H3/t10-,11+,12-,13-,14+/m1/s1. The van der Waals surface area contributed by atoms with Gasteiger partial charge in [-0.05, 0) is 13.1 Å². The van der Waals surface area contributed by atoms with Crippen LogP contribution in [0.25, 0.3) is 0 Å². The quantitative estimate of drug-likeness (QED) is 0.464. The molecule has 118 valence electrons. The van der Waals surface area contributed by atoms with Gasteiger partial charge in [0.15, 0.2) is 0 Å². The van der Waals surface area contributed by atoms with Crippen molar-refractivity contribution in [2.45, 2.75) is 30.6 Å². The van der Waals surface area contributed by atoms with E-state index in [2.05, 4.69) is 0 Å². The van der Waals surface area contributed by atoms with Crippen molar-refractivity contribution in [1.29, 1.82) is 0 Å². The highest BCUT2D eigenvalue weighted by Gasteiger charge is 2.40. The lowest BCUT2D eigenvalue weighted by Crippen LogP contribution is -2.47. The van der Waals surface area contributed by atoms with Crippen LogP contribution in [-0.4, -0.2) is 75.0 Å². The Bertz CT molecular complexity index is 471. The minimum atomic E-state index is -1.50. The Hall–Kier alpha value is -1.22. The molecule has 1 aliphatic rings. The Morgan fingerprint density at radius 1 is 1.29 bits per heavy atom. The number of rotatable bonds is 5. The predicted molar refractivity (Wildman–Crippen MR) is 73.5 cm³/mol. The molecular weight excluding hydrogens is 278 g/mol. The Labute approximate surface area is 122 Å². The third kappa shape index (κ3) is 3.34. The van der Waals surface area contributed by atoms with Gasteiger partial charge in [0.1, 0.15) is 36.4 Å². The Balaban J connectivity index is 2.09. The van der Waals surface area contributed by atoms with Gasteiger partial charge in [-0.3, -0.25) is 4.90 Å². The molecule has 1 aromatic rings. The monoisotopic (exact) mass is 299 g/mol. The number of aliphatic hydroxyl groups excluding tert-OH is 4. The zero-order chi connectivity index (χ0) is 15.6. The van der Waals surface area contributed by atoms with Gasteiger partial charge in [-0.2, -0.15) is 0 Å². The SMILES string of the molecule is CN1C[C@@H]([C@@H](O)[C@H](O)[C@H](O)CO)O[C@H]1c1ccccc1O. The fourth-order valence-corrected chi connectivity index (χ4v) is 2.44. The second kappa shape index (κ2) is 6.69. The van der Waals surface area contributed by atoms with E-state index >= 15 is 0 Å². The Morgan fingerprint density at radius 3 is 2.57 bits per heavy atom. The second-order valence-electron chi connectivity index (χ2n) is 5.26. The zero-order valence-electron chi connectivity index (χ0n) is 11.7. The molecule has 0 saturated carbocycles. The first-order valence-corrected chi connectivity index (χ1v) is 6.74. The largest absolute Gasteiger partial charge is 0.508 e. The molecule has 21 heavy (non-hydrogen) atoms. The summed E-state index contributed by atoms with van der Waals surface area (Å²) in [5.41, 5.74) is 0.562. The van der Waals surface area contributed by atoms with Gasteiger partial charge in [-0.15, -0.1) is 0 Å². The molecule has 5 atom stereocenters. The van der Waals surface area contributed by atoms with Crippen LogP contribution in [0.2, 0.25) is 0 Å². The van der Waals surface area contributed by atoms with Crippen molar-refractivity contribution in [1.82, 2.24) is 4.90 Å². The van der Waals surface area contributed by atoms with Gasteiger partial charge in [-0.1, -0.05) is 18.2 Å². The van der Waals surface area contributed by atoms with Crippen molar-refractivity contribution in [2.75, 3.05) is 20.2 Å². The van der Waals surface area contributed by atoms with Gasteiger partial charge >= 0.3 is 0 Å². The fraction of sp³-hybridized carbons (Fsp3) is 0.571. The predicted octanol–water partition coefficient (Wildman–Crippen LogP) is -1.20. The lowest BCUT2D eigenvalue weighted by atomic mass is 10.0. The van der Waals surface area contributed by atoms with Crippen LogP contribution in [0.4, 0.5) is 0 Å². The first-order valence-electron chi connectivity index (χ1n) is 6.74. The molecule has 0 radical (unpaired) electrons. The first kappa shape index (κ1) is 16.2. The molecule has 1 saturated heterocycles. The molecule has 1 aliphatic heterocycles. The van der Waals surface area contributed by atoms with E-state index in [1.807, 2.05) is 0 Å². The number of hydrogen-bond donors (Lipinski definition) is 5. The van der Waals surface area contributed by atoms with E-state index in [4.69, 9.17) is 9.84 Å². The minimum absolute atomic E-state index is 0.0837. The third-order valence-corrected chi connectivity index (χ3v) is 3.69. The number of ether oxygens (including phenoxy) is 1. The van der Waals surface area contributed by atoms with Crippen molar-refractivity contribution in [3.8, 4) is 5.75 Å². The van der Waals surface area contributed by atoms with E-state index in [9.17, 15) is 20.4 Å². The van der Waals surface area contributed by atoms with Crippen LogP contribution < -0.4 is 0 Å². The van der Waals surface area contributed by atoms with E-state index in [1.165, 1.54) is 0 Å². The summed E-state index contributed by atoms with van der Waals surface area (Å²) in [6.45, 7) is -0.334. The summed E-state index contributed by atoms with van der Waals surface area (Å²) in [4.78, 5) is 1.78. The highest BCUT2D eigenvalue weighted by Crippen LogP contribution is 2.35. The molecule has 0 spiro atoms. The molecule has 0 aliphatic carbocycles. The summed E-state index contributed by atoms with van der Waals surface area (Å²) < 4.78 is 5.68. The summed E-state index contributed by atoms with van der Waals surface area (Å²) in [6.07, 6.45) is -5.57. The number of para-hydroxylation sites is 1. The van der Waals surface area contributed by atoms with Gasteiger partial charge in [0.2, 0.25) is 0 Å². The van der Waals surface area contributed by atoms with Crippen LogP contribution in [-0.2, 0) is 4.74 Å². The number of aliphatic hydroxyl groups is 4. The van der Waals surface area contributed by atoms with Crippen LogP contribution in [0, 0.1) is 0 Å². The van der Waals surface area contributed by atoms with Crippen LogP contribution in [0.3, 0.4) is 0 Å². The fourth-order valence-electron chi connectivity index (χ4n) is 2.44. The van der Waals surface area contributed by atoms with Crippen LogP contribution in [0.1, 0.15) is 11.8 Å². The van der Waals surface area contributed by atoms with Gasteiger partial charge < -0.3 is 30.3 Å². The summed E-state index contributed by atoms with van der Waals surface area (Å²) >= 11 is 0. The molecule has 2 rings (SSSR count). The molecule has 1 aromatic carbocycles. The number of phenols is 1. The number of phenolic OH excluding ortho intramolecular Hbond substituents is 1. The van der Waals surface area contributed by atoms with Crippen molar-refractivity contribution >= 4 is 0 Å². The van der Waals surface area contributed by atoms with Crippen LogP contribution in [0.15, 0.2) is 24.3 Å². The highest BCUT2D eigenvalue weighted by atomic mass is 16.5. The third-order valence-electron chi connectivity index (χ3n) is 3.69. The van der Waals surface area contributed by atoms with Gasteiger partial charge in [0, 0.05) is 12.1 Å². The van der Waals surface area contributed by atoms with Crippen molar-refractivity contribution in [3.63, 3.8) is 0 Å². The number of likely N-dealkylation sites (N-methyl/N-ethyl adjacent to an activating group) is 1. The number of benzene rings is 1. The van der Waals surface area contributed by atoms with Crippen molar-refractivity contribution < 1.29 is 30.3 Å². The molecule has 0 bridgehead atoms. The maximum absolute atomic E-state index is 10.0. The van der Waals surface area contributed by atoms with E-state index in [1.54, 1.807) is 36.2 Å². The molecule has 0 aromatic heterocycles. The minimum Gasteiger partial charge on any atom is -0.508 e. The van der Waals surface area contributed by atoms with E-state index in [-0.39, 0.29) is 5.75 Å². The maximum atomic E-state index is 10.0. The average Bonchev–Trinajstić information content (AvgIpc) is 2.87.